The van der Waals surface area contributed by atoms with Gasteiger partial charge in [0.15, 0.2) is 16.8 Å². The fraction of sp³-hybridized carbons (Fsp3) is 0.565. The lowest BCUT2D eigenvalue weighted by Crippen LogP contribution is -2.37. The molecule has 8 N–H and O–H groups in total. The lowest BCUT2D eigenvalue weighted by atomic mass is 10.1. The predicted octanol–water partition coefficient (Wildman–Crippen LogP) is 1.13. The molecule has 1 heterocycles. The van der Waals surface area contributed by atoms with E-state index in [1.54, 1.807) is 11.8 Å². The van der Waals surface area contributed by atoms with E-state index >= 15 is 0 Å². The zero-order chi connectivity index (χ0) is 24.1. The number of nitrogen functional groups attached to an aromatic ring is 1. The Balaban J connectivity index is 1.56. The molecule has 186 valence electrons. The zero-order valence-corrected chi connectivity index (χ0v) is 20.1. The van der Waals surface area contributed by atoms with Gasteiger partial charge >= 0.3 is 0 Å². The minimum absolute atomic E-state index is 0.0972. The molecule has 0 aliphatic heterocycles. The molecule has 0 saturated heterocycles. The van der Waals surface area contributed by atoms with E-state index in [2.05, 4.69) is 52.2 Å². The summed E-state index contributed by atoms with van der Waals surface area (Å²) >= 11 is 1.55. The first-order valence-corrected chi connectivity index (χ1v) is 12.7. The third-order valence-electron chi connectivity index (χ3n) is 6.23. The average molecular weight is 491 g/mol. The van der Waals surface area contributed by atoms with Crippen LogP contribution in [0.25, 0.3) is 0 Å². The van der Waals surface area contributed by atoms with Gasteiger partial charge in [0.25, 0.3) is 0 Å². The first kappa shape index (κ1) is 25.0. The summed E-state index contributed by atoms with van der Waals surface area (Å²) in [6.07, 6.45) is 0.406. The van der Waals surface area contributed by atoms with E-state index in [1.165, 1.54) is 11.1 Å². The van der Waals surface area contributed by atoms with E-state index in [4.69, 9.17) is 20.7 Å². The number of hydrogen-bond acceptors (Lipinski definition) is 11. The number of fused-ring (bicyclic) bond motifs is 1. The Morgan fingerprint density at radius 2 is 1.76 bits per heavy atom. The number of hydrazine groups is 1. The van der Waals surface area contributed by atoms with Crippen molar-refractivity contribution in [2.45, 2.75) is 68.2 Å². The van der Waals surface area contributed by atoms with Crippen molar-refractivity contribution in [3.63, 3.8) is 0 Å². The lowest BCUT2D eigenvalue weighted by Gasteiger charge is -2.23. The number of nitrogens with one attached hydrogen (secondary N) is 3. The second kappa shape index (κ2) is 11.5. The third-order valence-corrected chi connectivity index (χ3v) is 7.29. The van der Waals surface area contributed by atoms with Gasteiger partial charge in [-0.3, -0.25) is 5.84 Å². The van der Waals surface area contributed by atoms with Crippen molar-refractivity contribution in [1.29, 1.82) is 0 Å². The quantitative estimate of drug-likeness (QED) is 0.105. The number of rotatable bonds is 11. The van der Waals surface area contributed by atoms with Gasteiger partial charge < -0.3 is 36.1 Å². The van der Waals surface area contributed by atoms with Crippen LogP contribution >= 0.6 is 11.8 Å². The molecule has 1 aromatic carbocycles. The van der Waals surface area contributed by atoms with Crippen LogP contribution in [-0.2, 0) is 17.6 Å². The summed E-state index contributed by atoms with van der Waals surface area (Å²) < 4.78 is 5.49. The Morgan fingerprint density at radius 3 is 2.38 bits per heavy atom. The highest BCUT2D eigenvalue weighted by atomic mass is 32.2. The van der Waals surface area contributed by atoms with Gasteiger partial charge in [0.05, 0.1) is 25.4 Å². The molecule has 34 heavy (non-hydrogen) atoms. The number of benzene rings is 1. The van der Waals surface area contributed by atoms with Crippen LogP contribution in [0.15, 0.2) is 29.4 Å². The summed E-state index contributed by atoms with van der Waals surface area (Å²) in [5.41, 5.74) is 5.87. The molecular formula is C23H34N6O4S. The highest BCUT2D eigenvalue weighted by molar-refractivity contribution is 7.99. The van der Waals surface area contributed by atoms with Gasteiger partial charge in [0, 0.05) is 11.8 Å². The molecule has 0 spiro atoms. The van der Waals surface area contributed by atoms with Crippen LogP contribution in [0.2, 0.25) is 0 Å². The topological polar surface area (TPSA) is 158 Å². The minimum Gasteiger partial charge on any atom is -0.394 e. The molecule has 2 aliphatic carbocycles. The molecule has 1 aromatic heterocycles. The fourth-order valence-corrected chi connectivity index (χ4v) is 5.27. The normalized spacial score (nSPS) is 24.3. The highest BCUT2D eigenvalue weighted by Crippen LogP contribution is 2.35. The number of ether oxygens (including phenoxy) is 1. The first-order valence-electron chi connectivity index (χ1n) is 11.7. The van der Waals surface area contributed by atoms with Gasteiger partial charge in [-0.05, 0) is 36.8 Å². The van der Waals surface area contributed by atoms with Crippen LogP contribution in [0.1, 0.15) is 30.9 Å². The van der Waals surface area contributed by atoms with Crippen molar-refractivity contribution < 1.29 is 20.1 Å². The Bertz CT molecular complexity index is 942. The molecule has 4 unspecified atom stereocenters. The number of anilines is 3. The largest absolute Gasteiger partial charge is 0.394 e. The fourth-order valence-electron chi connectivity index (χ4n) is 4.58. The maximum atomic E-state index is 10.6. The number of hydrogen-bond donors (Lipinski definition) is 7. The van der Waals surface area contributed by atoms with Crippen LogP contribution in [0.3, 0.4) is 0 Å². The molecule has 1 fully saturated rings. The predicted molar refractivity (Wildman–Crippen MR) is 133 cm³/mol. The van der Waals surface area contributed by atoms with Gasteiger partial charge in [0.1, 0.15) is 17.9 Å². The molecular weight excluding hydrogens is 456 g/mol. The zero-order valence-electron chi connectivity index (χ0n) is 19.3. The second-order valence-electron chi connectivity index (χ2n) is 8.69. The molecule has 10 nitrogen and oxygen atoms in total. The van der Waals surface area contributed by atoms with Crippen LogP contribution < -0.4 is 21.9 Å². The van der Waals surface area contributed by atoms with Gasteiger partial charge in [-0.25, -0.2) is 9.97 Å². The lowest BCUT2D eigenvalue weighted by molar-refractivity contribution is -0.0612. The Kier molecular flexibility index (Phi) is 8.46. The van der Waals surface area contributed by atoms with Crippen molar-refractivity contribution in [2.75, 3.05) is 35.0 Å². The Hall–Kier alpha value is -2.15. The highest BCUT2D eigenvalue weighted by Gasteiger charge is 2.42. The summed E-state index contributed by atoms with van der Waals surface area (Å²) in [5.74, 6) is 7.82. The summed E-state index contributed by atoms with van der Waals surface area (Å²) in [4.78, 5) is 9.38. The van der Waals surface area contributed by atoms with Crippen LogP contribution in [0.5, 0.6) is 0 Å². The third kappa shape index (κ3) is 5.56. The number of thioether (sulfide) groups is 1. The average Bonchev–Trinajstić information content (AvgIpc) is 3.36. The summed E-state index contributed by atoms with van der Waals surface area (Å²) in [7, 11) is 0. The Labute approximate surface area is 203 Å². The van der Waals surface area contributed by atoms with Crippen LogP contribution in [0, 0.1) is 0 Å². The van der Waals surface area contributed by atoms with Gasteiger partial charge in [0.2, 0.25) is 0 Å². The molecule has 0 bridgehead atoms. The summed E-state index contributed by atoms with van der Waals surface area (Å²) in [6.45, 7) is 2.04. The maximum Gasteiger partial charge on any atom is 0.191 e. The van der Waals surface area contributed by atoms with Crippen LogP contribution in [0.4, 0.5) is 17.3 Å². The number of aromatic nitrogens is 2. The van der Waals surface area contributed by atoms with Crippen LogP contribution in [-0.4, -0.2) is 74.6 Å². The molecule has 4 rings (SSSR count). The number of nitrogens with zero attached hydrogens (tertiary/aromatic N) is 2. The number of nitrogens with two attached hydrogens (primary N) is 1. The van der Waals surface area contributed by atoms with E-state index in [1.807, 2.05) is 0 Å². The molecule has 0 amide bonds. The maximum absolute atomic E-state index is 10.6. The first-order chi connectivity index (χ1) is 16.5. The monoisotopic (exact) mass is 490 g/mol. The van der Waals surface area contributed by atoms with E-state index in [9.17, 15) is 10.2 Å². The number of aliphatic hydroxyl groups excluding tert-OH is 3. The van der Waals surface area contributed by atoms with Gasteiger partial charge in [-0.15, -0.1) is 0 Å². The molecule has 2 aromatic rings. The van der Waals surface area contributed by atoms with E-state index in [0.29, 0.717) is 28.9 Å². The smallest absolute Gasteiger partial charge is 0.191 e. The van der Waals surface area contributed by atoms with Crippen molar-refractivity contribution >= 4 is 29.1 Å². The minimum atomic E-state index is -1.07. The second-order valence-corrected chi connectivity index (χ2v) is 9.75. The van der Waals surface area contributed by atoms with Gasteiger partial charge in [-0.2, -0.15) is 0 Å². The molecule has 2 aliphatic rings. The van der Waals surface area contributed by atoms with Crippen molar-refractivity contribution in [3.05, 3.63) is 35.4 Å². The molecule has 1 saturated carbocycles. The van der Waals surface area contributed by atoms with E-state index in [-0.39, 0.29) is 19.3 Å². The molecule has 4 atom stereocenters. The Morgan fingerprint density at radius 1 is 1.09 bits per heavy atom. The summed E-state index contributed by atoms with van der Waals surface area (Å²) in [6, 6.07) is 8.07. The SMILES string of the molecule is CCCSc1nc(NC2Cc3ccccc3C2)c(NN)c(NC2CC(OCCO)C(O)C2O)n1. The van der Waals surface area contributed by atoms with Crippen molar-refractivity contribution in [2.24, 2.45) is 5.84 Å². The van der Waals surface area contributed by atoms with Gasteiger partial charge in [-0.1, -0.05) is 43.0 Å². The summed E-state index contributed by atoms with van der Waals surface area (Å²) in [5, 5.41) is 37.4. The standard InChI is InChI=1S/C23H34N6O4S/c1-2-9-34-23-27-21(25-15-10-13-5-3-4-6-14(13)11-15)18(29-24)22(28-23)26-16-12-17(33-8-7-30)20(32)19(16)31/h3-6,15-17,19-20,29-32H,2,7-12,24H2,1H3,(H2,25,26,27,28). The molecule has 11 heteroatoms. The van der Waals surface area contributed by atoms with E-state index < -0.39 is 24.4 Å². The van der Waals surface area contributed by atoms with Crippen molar-refractivity contribution in [3.8, 4) is 0 Å². The van der Waals surface area contributed by atoms with E-state index in [0.717, 1.165) is 25.0 Å². The molecule has 0 radical (unpaired) electrons. The van der Waals surface area contributed by atoms with Crippen molar-refractivity contribution in [1.82, 2.24) is 9.97 Å². The number of aliphatic hydroxyl groups is 3.